The molecule has 1 aliphatic carbocycles. The average molecular weight is 766 g/mol. The largest absolute Gasteiger partial charge is 0.493 e. The molecule has 11 heteroatoms. The van der Waals surface area contributed by atoms with Crippen LogP contribution in [0.15, 0.2) is 67.0 Å². The summed E-state index contributed by atoms with van der Waals surface area (Å²) in [5.41, 5.74) is 7.94. The van der Waals surface area contributed by atoms with Gasteiger partial charge in [0.2, 0.25) is 5.91 Å². The second-order valence-electron chi connectivity index (χ2n) is 14.9. The second-order valence-corrected chi connectivity index (χ2v) is 15.3. The lowest BCUT2D eigenvalue weighted by Crippen LogP contribution is -2.37. The van der Waals surface area contributed by atoms with Crippen LogP contribution in [0.25, 0.3) is 11.1 Å². The number of likely N-dealkylation sites (tertiary alicyclic amines) is 2. The summed E-state index contributed by atoms with van der Waals surface area (Å²) in [7, 11) is 1.85. The van der Waals surface area contributed by atoms with Gasteiger partial charge in [0.25, 0.3) is 0 Å². The van der Waals surface area contributed by atoms with Crippen LogP contribution in [-0.2, 0) is 24.4 Å². The number of halogens is 2. The number of nitrogens with one attached hydrogen (secondary N) is 1. The zero-order chi connectivity index (χ0) is 38.3. The molecule has 9 nitrogen and oxygen atoms in total. The van der Waals surface area contributed by atoms with Gasteiger partial charge in [-0.25, -0.2) is 4.39 Å². The van der Waals surface area contributed by atoms with Gasteiger partial charge < -0.3 is 29.3 Å². The molecule has 1 amide bonds. The van der Waals surface area contributed by atoms with Crippen molar-refractivity contribution in [2.45, 2.75) is 83.3 Å². The standard InChI is InChI=1S/C44H49ClFN5O4/c1-29-35(6-4-9-40(29)53-19-5-16-51-17-14-33(46)15-18-51)36-7-3-8-38-37(36)11-12-41(38)55-43-22-42(54-28-31-20-30(23-47)24-48-25-31)32(21-39(43)45)26-49-27-34-10-13-44(52)50(34)2/h3-4,6-9,20-22,24-25,33-34,41,49H,5,10-19,26-28H2,1-2H3/t34?,41-/m0/s1. The summed E-state index contributed by atoms with van der Waals surface area (Å²) in [6, 6.07) is 20.5. The zero-order valence-corrected chi connectivity index (χ0v) is 32.4. The smallest absolute Gasteiger partial charge is 0.222 e. The molecular weight excluding hydrogens is 717 g/mol. The topological polar surface area (TPSA) is 100.0 Å². The predicted molar refractivity (Wildman–Crippen MR) is 211 cm³/mol. The van der Waals surface area contributed by atoms with Gasteiger partial charge in [-0.1, -0.05) is 41.9 Å². The van der Waals surface area contributed by atoms with Gasteiger partial charge in [0.05, 0.1) is 17.2 Å². The SMILES string of the molecule is Cc1c(OCCCN2CCC(F)CC2)cccc1-c1cccc2c1CC[C@@H]2Oc1cc(OCc2cncc(C#N)c2)c(CNCC2CCC(=O)N2C)cc1Cl. The minimum Gasteiger partial charge on any atom is -0.493 e. The van der Waals surface area contributed by atoms with Crippen molar-refractivity contribution < 1.29 is 23.4 Å². The average Bonchev–Trinajstić information content (AvgIpc) is 3.76. The first-order chi connectivity index (χ1) is 26.8. The van der Waals surface area contributed by atoms with Gasteiger partial charge in [-0.15, -0.1) is 0 Å². The molecule has 288 valence electrons. The Bertz CT molecular complexity index is 2030. The molecule has 0 bridgehead atoms. The summed E-state index contributed by atoms with van der Waals surface area (Å²) in [6.07, 6.45) is 7.59. The van der Waals surface area contributed by atoms with E-state index in [2.05, 4.69) is 58.5 Å². The van der Waals surface area contributed by atoms with Crippen LogP contribution in [0.4, 0.5) is 4.39 Å². The van der Waals surface area contributed by atoms with E-state index >= 15 is 0 Å². The molecule has 0 radical (unpaired) electrons. The van der Waals surface area contributed by atoms with Gasteiger partial charge in [-0.05, 0) is 91.5 Å². The van der Waals surface area contributed by atoms with Crippen LogP contribution < -0.4 is 19.5 Å². The lowest BCUT2D eigenvalue weighted by atomic mass is 9.93. The van der Waals surface area contributed by atoms with E-state index in [0.29, 0.717) is 61.0 Å². The number of benzene rings is 3. The number of carbonyl (C=O) groups is 1. The molecule has 7 rings (SSSR count). The fraction of sp³-hybridized carbons (Fsp3) is 0.432. The molecule has 0 saturated carbocycles. The monoisotopic (exact) mass is 765 g/mol. The highest BCUT2D eigenvalue weighted by atomic mass is 35.5. The molecule has 55 heavy (non-hydrogen) atoms. The number of hydrogen-bond acceptors (Lipinski definition) is 8. The van der Waals surface area contributed by atoms with Crippen LogP contribution in [0.1, 0.15) is 78.0 Å². The summed E-state index contributed by atoms with van der Waals surface area (Å²) in [6.45, 7) is 6.66. The van der Waals surface area contributed by atoms with E-state index in [4.69, 9.17) is 25.8 Å². The third kappa shape index (κ3) is 9.24. The molecule has 1 unspecified atom stereocenters. The molecule has 4 aromatic rings. The van der Waals surface area contributed by atoms with Gasteiger partial charge in [0.1, 0.15) is 42.2 Å². The first-order valence-electron chi connectivity index (χ1n) is 19.4. The van der Waals surface area contributed by atoms with Crippen LogP contribution in [0, 0.1) is 18.3 Å². The molecule has 2 atom stereocenters. The third-order valence-corrected chi connectivity index (χ3v) is 11.5. The summed E-state index contributed by atoms with van der Waals surface area (Å²) < 4.78 is 32.9. The number of likely N-dealkylation sites (N-methyl/N-ethyl adjacent to an activating group) is 1. The van der Waals surface area contributed by atoms with E-state index in [9.17, 15) is 14.4 Å². The maximum Gasteiger partial charge on any atom is 0.222 e. The highest BCUT2D eigenvalue weighted by Gasteiger charge is 2.29. The third-order valence-electron chi connectivity index (χ3n) is 11.2. The van der Waals surface area contributed by atoms with Gasteiger partial charge in [0, 0.05) is 81.8 Å². The Labute approximate surface area is 328 Å². The van der Waals surface area contributed by atoms with Crippen molar-refractivity contribution in [3.8, 4) is 34.4 Å². The van der Waals surface area contributed by atoms with Crippen molar-refractivity contribution in [2.75, 3.05) is 39.8 Å². The van der Waals surface area contributed by atoms with Crippen molar-refractivity contribution in [3.63, 3.8) is 0 Å². The Kier molecular flexibility index (Phi) is 12.5. The van der Waals surface area contributed by atoms with E-state index in [0.717, 1.165) is 78.9 Å². The van der Waals surface area contributed by atoms with E-state index < -0.39 is 6.17 Å². The number of hydrogen-bond donors (Lipinski definition) is 1. The van der Waals surface area contributed by atoms with Gasteiger partial charge in [-0.3, -0.25) is 9.78 Å². The Hall–Kier alpha value is -4.69. The normalized spacial score (nSPS) is 18.7. The van der Waals surface area contributed by atoms with Crippen molar-refractivity contribution in [3.05, 3.63) is 105 Å². The summed E-state index contributed by atoms with van der Waals surface area (Å²) in [5, 5.41) is 13.3. The van der Waals surface area contributed by atoms with E-state index in [1.165, 1.54) is 17.3 Å². The number of alkyl halides is 1. The summed E-state index contributed by atoms with van der Waals surface area (Å²) in [5.74, 6) is 2.21. The number of pyridine rings is 1. The summed E-state index contributed by atoms with van der Waals surface area (Å²) in [4.78, 5) is 20.4. The first-order valence-corrected chi connectivity index (χ1v) is 19.8. The van der Waals surface area contributed by atoms with Crippen LogP contribution in [0.3, 0.4) is 0 Å². The van der Waals surface area contributed by atoms with E-state index in [1.54, 1.807) is 12.3 Å². The molecule has 3 aliphatic rings. The number of nitriles is 1. The molecule has 2 saturated heterocycles. The molecule has 1 N–H and O–H groups in total. The number of rotatable bonds is 15. The van der Waals surface area contributed by atoms with Crippen molar-refractivity contribution in [2.24, 2.45) is 0 Å². The van der Waals surface area contributed by atoms with Gasteiger partial charge in [-0.2, -0.15) is 5.26 Å². The quantitative estimate of drug-likeness (QED) is 0.121. The molecular formula is C44H49ClFN5O4. The van der Waals surface area contributed by atoms with Crippen molar-refractivity contribution in [1.29, 1.82) is 5.26 Å². The van der Waals surface area contributed by atoms with Crippen molar-refractivity contribution in [1.82, 2.24) is 20.1 Å². The number of aromatic nitrogens is 1. The number of piperidine rings is 1. The Morgan fingerprint density at radius 1 is 0.982 bits per heavy atom. The molecule has 0 spiro atoms. The second kappa shape index (κ2) is 17.8. The highest BCUT2D eigenvalue weighted by Crippen LogP contribution is 2.44. The Balaban J connectivity index is 1.06. The van der Waals surface area contributed by atoms with Crippen LogP contribution in [-0.4, -0.2) is 72.7 Å². The summed E-state index contributed by atoms with van der Waals surface area (Å²) >= 11 is 6.94. The van der Waals surface area contributed by atoms with Crippen LogP contribution in [0.5, 0.6) is 17.2 Å². The van der Waals surface area contributed by atoms with Crippen LogP contribution >= 0.6 is 11.6 Å². The first kappa shape index (κ1) is 38.6. The van der Waals surface area contributed by atoms with E-state index in [-0.39, 0.29) is 24.7 Å². The highest BCUT2D eigenvalue weighted by molar-refractivity contribution is 6.32. The maximum absolute atomic E-state index is 13.5. The molecule has 2 aliphatic heterocycles. The number of amides is 1. The maximum atomic E-state index is 13.5. The Morgan fingerprint density at radius 3 is 2.60 bits per heavy atom. The van der Waals surface area contributed by atoms with Gasteiger partial charge in [0.15, 0.2) is 0 Å². The lowest BCUT2D eigenvalue weighted by Gasteiger charge is -2.28. The lowest BCUT2D eigenvalue weighted by molar-refractivity contribution is -0.127. The van der Waals surface area contributed by atoms with Crippen LogP contribution in [0.2, 0.25) is 5.02 Å². The predicted octanol–water partition coefficient (Wildman–Crippen LogP) is 8.14. The fourth-order valence-electron chi connectivity index (χ4n) is 8.01. The van der Waals surface area contributed by atoms with Crippen molar-refractivity contribution >= 4 is 17.5 Å². The number of ether oxygens (including phenoxy) is 3. The molecule has 2 fully saturated rings. The minimum absolute atomic E-state index is 0.143. The molecule has 1 aromatic heterocycles. The molecule has 3 aromatic carbocycles. The van der Waals surface area contributed by atoms with E-state index in [1.807, 2.05) is 30.1 Å². The van der Waals surface area contributed by atoms with Gasteiger partial charge >= 0.3 is 0 Å². The number of fused-ring (bicyclic) bond motifs is 1. The fourth-order valence-corrected chi connectivity index (χ4v) is 8.24. The number of nitrogens with zero attached hydrogens (tertiary/aromatic N) is 4. The number of carbonyl (C=O) groups excluding carboxylic acids is 1. The zero-order valence-electron chi connectivity index (χ0n) is 31.7. The Morgan fingerprint density at radius 2 is 1.80 bits per heavy atom. The minimum atomic E-state index is -0.655. The molecule has 3 heterocycles.